The second kappa shape index (κ2) is 8.41. The predicted molar refractivity (Wildman–Crippen MR) is 146 cm³/mol. The van der Waals surface area contributed by atoms with E-state index in [4.69, 9.17) is 0 Å². The van der Waals surface area contributed by atoms with Gasteiger partial charge in [0, 0.05) is 31.0 Å². The number of thiazole rings is 1. The van der Waals surface area contributed by atoms with Gasteiger partial charge in [-0.15, -0.1) is 0 Å². The molecule has 0 bridgehead atoms. The summed E-state index contributed by atoms with van der Waals surface area (Å²) in [5.74, 6) is 2.78. The molecular weight excluding hydrogens is 466 g/mol. The number of likely N-dealkylation sites (tertiary alicyclic amines) is 1. The van der Waals surface area contributed by atoms with Gasteiger partial charge in [-0.3, -0.25) is 9.59 Å². The predicted octanol–water partition coefficient (Wildman–Crippen LogP) is 6.93. The third-order valence-corrected chi connectivity index (χ3v) is 11.7. The van der Waals surface area contributed by atoms with Gasteiger partial charge in [-0.25, -0.2) is 4.98 Å². The molecule has 6 heteroatoms. The number of anilines is 1. The average Bonchev–Trinajstić information content (AvgIpc) is 3.36. The summed E-state index contributed by atoms with van der Waals surface area (Å²) >= 11 is 1.57. The monoisotopic (exact) mass is 505 g/mol. The Hall–Kier alpha value is -2.21. The number of nitrogens with zero attached hydrogens (tertiary/aromatic N) is 2. The van der Waals surface area contributed by atoms with Crippen LogP contribution in [0.3, 0.4) is 0 Å². The Bertz CT molecular complexity index is 1280. The minimum Gasteiger partial charge on any atom is -0.319 e. The number of hydrogen-bond acceptors (Lipinski definition) is 4. The molecule has 1 aromatic heterocycles. The number of amides is 2. The summed E-state index contributed by atoms with van der Waals surface area (Å²) in [6.07, 6.45) is 8.12. The molecule has 2 heterocycles. The molecule has 4 aliphatic rings. The van der Waals surface area contributed by atoms with Crippen molar-refractivity contribution in [2.24, 2.45) is 34.5 Å². The van der Waals surface area contributed by atoms with Crippen LogP contribution in [-0.2, 0) is 9.59 Å². The zero-order chi connectivity index (χ0) is 25.4. The van der Waals surface area contributed by atoms with E-state index in [9.17, 15) is 9.59 Å². The molecule has 0 unspecified atom stereocenters. The minimum atomic E-state index is 0.109. The number of benzene rings is 1. The molecule has 6 atom stereocenters. The van der Waals surface area contributed by atoms with E-state index >= 15 is 0 Å². The van der Waals surface area contributed by atoms with E-state index in [0.717, 1.165) is 29.5 Å². The van der Waals surface area contributed by atoms with Crippen molar-refractivity contribution < 1.29 is 9.59 Å². The zero-order valence-corrected chi connectivity index (χ0v) is 23.1. The highest BCUT2D eigenvalue weighted by Gasteiger charge is 2.60. The lowest BCUT2D eigenvalue weighted by Gasteiger charge is -2.59. The van der Waals surface area contributed by atoms with Crippen LogP contribution in [0.5, 0.6) is 0 Å². The van der Waals surface area contributed by atoms with Crippen molar-refractivity contribution in [3.05, 3.63) is 35.0 Å². The summed E-state index contributed by atoms with van der Waals surface area (Å²) in [4.78, 5) is 32.3. The molecular formula is C30H39N3O2S. The highest BCUT2D eigenvalue weighted by Crippen LogP contribution is 2.67. The van der Waals surface area contributed by atoms with Gasteiger partial charge < -0.3 is 10.2 Å². The first kappa shape index (κ1) is 24.1. The summed E-state index contributed by atoms with van der Waals surface area (Å²) in [5, 5.41) is 3.85. The third kappa shape index (κ3) is 3.58. The van der Waals surface area contributed by atoms with Crippen molar-refractivity contribution in [3.63, 3.8) is 0 Å². The van der Waals surface area contributed by atoms with Crippen LogP contribution in [0.4, 0.5) is 5.13 Å². The number of fused-ring (bicyclic) bond motifs is 6. The maximum absolute atomic E-state index is 13.2. The van der Waals surface area contributed by atoms with E-state index in [1.807, 2.05) is 18.0 Å². The Labute approximate surface area is 218 Å². The van der Waals surface area contributed by atoms with Crippen molar-refractivity contribution in [3.8, 4) is 0 Å². The average molecular weight is 506 g/mol. The Morgan fingerprint density at radius 3 is 2.78 bits per heavy atom. The van der Waals surface area contributed by atoms with Crippen molar-refractivity contribution in [2.75, 3.05) is 12.4 Å². The lowest BCUT2D eigenvalue weighted by Crippen LogP contribution is -2.54. The van der Waals surface area contributed by atoms with Crippen LogP contribution in [0, 0.1) is 41.4 Å². The smallest absolute Gasteiger partial charge is 0.226 e. The van der Waals surface area contributed by atoms with Crippen molar-refractivity contribution in [1.29, 1.82) is 0 Å². The zero-order valence-electron chi connectivity index (χ0n) is 22.3. The van der Waals surface area contributed by atoms with Gasteiger partial charge >= 0.3 is 0 Å². The van der Waals surface area contributed by atoms with Crippen molar-refractivity contribution in [2.45, 2.75) is 79.1 Å². The normalized spacial score (nSPS) is 36.0. The largest absolute Gasteiger partial charge is 0.319 e. The maximum atomic E-state index is 13.2. The molecule has 3 fully saturated rings. The SMILES string of the molecule is CC1=C2N(C)C(=O)CC[C@]2(C)[C@H]2CC[C@]3(C)[C@@H](CC(=O)Nc4nc5ccc(C)cc5s4)CC[C@H]3[C@@H]2C1. The molecule has 36 heavy (non-hydrogen) atoms. The summed E-state index contributed by atoms with van der Waals surface area (Å²) in [5.41, 5.74) is 5.24. The molecule has 2 aromatic rings. The number of piperidine rings is 1. The van der Waals surface area contributed by atoms with Gasteiger partial charge in [0.25, 0.3) is 0 Å². The molecule has 6 rings (SSSR count). The van der Waals surface area contributed by atoms with Crippen LogP contribution < -0.4 is 5.32 Å². The first-order valence-electron chi connectivity index (χ1n) is 13.7. The minimum absolute atomic E-state index is 0.109. The van der Waals surface area contributed by atoms with Gasteiger partial charge in [0.2, 0.25) is 11.8 Å². The molecule has 0 radical (unpaired) electrons. The third-order valence-electron chi connectivity index (χ3n) is 10.7. The number of aryl methyl sites for hydroxylation is 1. The second-order valence-corrected chi connectivity index (χ2v) is 13.7. The maximum Gasteiger partial charge on any atom is 0.226 e. The van der Waals surface area contributed by atoms with Gasteiger partial charge in [-0.1, -0.05) is 36.8 Å². The number of carbonyl (C=O) groups is 2. The first-order chi connectivity index (χ1) is 17.1. The van der Waals surface area contributed by atoms with Crippen LogP contribution in [0.2, 0.25) is 0 Å². The van der Waals surface area contributed by atoms with E-state index in [-0.39, 0.29) is 22.6 Å². The van der Waals surface area contributed by atoms with Crippen LogP contribution in [0.15, 0.2) is 29.5 Å². The number of allylic oxidation sites excluding steroid dienone is 2. The Morgan fingerprint density at radius 2 is 1.97 bits per heavy atom. The van der Waals surface area contributed by atoms with E-state index in [2.05, 4.69) is 50.1 Å². The van der Waals surface area contributed by atoms with Gasteiger partial charge in [-0.05, 0) is 99.2 Å². The topological polar surface area (TPSA) is 62.3 Å². The molecule has 3 aliphatic carbocycles. The van der Waals surface area contributed by atoms with Crippen LogP contribution in [0.1, 0.15) is 77.7 Å². The van der Waals surface area contributed by atoms with Crippen molar-refractivity contribution >= 4 is 38.5 Å². The Balaban J connectivity index is 1.20. The molecule has 1 N–H and O–H groups in total. The van der Waals surface area contributed by atoms with E-state index in [1.54, 1.807) is 11.3 Å². The van der Waals surface area contributed by atoms with Gasteiger partial charge in [0.15, 0.2) is 5.13 Å². The first-order valence-corrected chi connectivity index (χ1v) is 14.6. The van der Waals surface area contributed by atoms with Crippen LogP contribution in [0.25, 0.3) is 10.2 Å². The molecule has 5 nitrogen and oxygen atoms in total. The Morgan fingerprint density at radius 1 is 1.17 bits per heavy atom. The molecule has 192 valence electrons. The molecule has 1 aliphatic heterocycles. The fourth-order valence-electron chi connectivity index (χ4n) is 9.03. The van der Waals surface area contributed by atoms with E-state index < -0.39 is 0 Å². The molecule has 0 spiro atoms. The van der Waals surface area contributed by atoms with E-state index in [0.29, 0.717) is 41.6 Å². The number of nitrogens with one attached hydrogen (secondary N) is 1. The molecule has 2 saturated carbocycles. The highest BCUT2D eigenvalue weighted by molar-refractivity contribution is 7.22. The van der Waals surface area contributed by atoms with Crippen LogP contribution >= 0.6 is 11.3 Å². The quantitative estimate of drug-likeness (QED) is 0.492. The number of hydrogen-bond donors (Lipinski definition) is 1. The summed E-state index contributed by atoms with van der Waals surface area (Å²) in [6.45, 7) is 9.27. The molecule has 2 amide bonds. The second-order valence-electron chi connectivity index (χ2n) is 12.6. The fraction of sp³-hybridized carbons (Fsp3) is 0.633. The molecule has 1 saturated heterocycles. The summed E-state index contributed by atoms with van der Waals surface area (Å²) in [7, 11) is 1.99. The summed E-state index contributed by atoms with van der Waals surface area (Å²) < 4.78 is 1.13. The number of aromatic nitrogens is 1. The van der Waals surface area contributed by atoms with Gasteiger partial charge in [0.05, 0.1) is 10.2 Å². The fourth-order valence-corrected chi connectivity index (χ4v) is 10.0. The van der Waals surface area contributed by atoms with Crippen LogP contribution in [-0.4, -0.2) is 28.7 Å². The number of carbonyl (C=O) groups excluding carboxylic acids is 2. The van der Waals surface area contributed by atoms with Crippen molar-refractivity contribution in [1.82, 2.24) is 9.88 Å². The Kier molecular flexibility index (Phi) is 5.64. The standard InChI is InChI=1S/C30H39N3O2S/c1-17-6-9-23-24(14-17)36-28(31-23)32-25(34)16-19-7-8-21-20-15-18(2)27-30(4,13-11-26(35)33(27)5)22(20)10-12-29(19,21)3/h6,9,14,19-22H,7-8,10-13,15-16H2,1-5H3,(H,31,32,34)/t19-,20+,21+,22+,29-,30-/m1/s1. The van der Waals surface area contributed by atoms with Gasteiger partial charge in [-0.2, -0.15) is 0 Å². The summed E-state index contributed by atoms with van der Waals surface area (Å²) in [6, 6.07) is 6.23. The van der Waals surface area contributed by atoms with Gasteiger partial charge in [0.1, 0.15) is 0 Å². The van der Waals surface area contributed by atoms with E-state index in [1.165, 1.54) is 36.1 Å². The highest BCUT2D eigenvalue weighted by atomic mass is 32.1. The lowest BCUT2D eigenvalue weighted by atomic mass is 9.48. The number of rotatable bonds is 3. The molecule has 1 aromatic carbocycles. The lowest BCUT2D eigenvalue weighted by molar-refractivity contribution is -0.136.